The minimum absolute atomic E-state index is 0.185. The Bertz CT molecular complexity index is 1240. The maximum atomic E-state index is 12.9. The number of halogens is 5. The van der Waals surface area contributed by atoms with Crippen LogP contribution in [-0.2, 0) is 12.8 Å². The molecule has 0 aliphatic heterocycles. The van der Waals surface area contributed by atoms with E-state index in [1.165, 1.54) is 6.21 Å². The summed E-state index contributed by atoms with van der Waals surface area (Å²) in [7, 11) is 0. The Kier molecular flexibility index (Phi) is 8.73. The Morgan fingerprint density at radius 3 is 2.37 bits per heavy atom. The normalized spacial score (nSPS) is 11.5. The lowest BCUT2D eigenvalue weighted by Gasteiger charge is -2.14. The molecule has 184 valence electrons. The van der Waals surface area contributed by atoms with Crippen molar-refractivity contribution in [3.63, 3.8) is 0 Å². The molecule has 0 fully saturated rings. The quantitative estimate of drug-likeness (QED) is 0.152. The molecule has 0 spiro atoms. The van der Waals surface area contributed by atoms with Gasteiger partial charge in [0.15, 0.2) is 11.5 Å². The van der Waals surface area contributed by atoms with Gasteiger partial charge in [0, 0.05) is 20.6 Å². The Hall–Kier alpha value is -3.12. The number of hydrogen-bond acceptors (Lipinski definition) is 6. The Balaban J connectivity index is 1.80. The molecular weight excluding hydrogens is 599 g/mol. The number of benzene rings is 3. The van der Waals surface area contributed by atoms with E-state index in [1.54, 1.807) is 12.1 Å². The number of anilines is 1. The summed E-state index contributed by atoms with van der Waals surface area (Å²) < 4.78 is 51.8. The van der Waals surface area contributed by atoms with E-state index in [9.17, 15) is 23.3 Å². The monoisotopic (exact) mass is 615 g/mol. The molecule has 1 N–H and O–H groups in total. The van der Waals surface area contributed by atoms with E-state index in [1.807, 2.05) is 31.2 Å². The van der Waals surface area contributed by atoms with E-state index >= 15 is 0 Å². The van der Waals surface area contributed by atoms with Gasteiger partial charge in [-0.3, -0.25) is 15.5 Å². The summed E-state index contributed by atoms with van der Waals surface area (Å²) in [4.78, 5) is 10.3. The van der Waals surface area contributed by atoms with Crippen LogP contribution in [0.5, 0.6) is 11.5 Å². The molecule has 3 aromatic rings. The van der Waals surface area contributed by atoms with Crippen LogP contribution in [0, 0.1) is 10.1 Å². The molecule has 12 heteroatoms. The molecule has 0 bridgehead atoms. The van der Waals surface area contributed by atoms with E-state index in [0.29, 0.717) is 40.8 Å². The van der Waals surface area contributed by atoms with Gasteiger partial charge in [-0.25, -0.2) is 0 Å². The lowest BCUT2D eigenvalue weighted by molar-refractivity contribution is -0.384. The highest BCUT2D eigenvalue weighted by molar-refractivity contribution is 9.10. The molecular formula is C23H18Br2F3N3O4. The minimum Gasteiger partial charge on any atom is -0.490 e. The molecule has 0 aromatic heterocycles. The molecule has 0 heterocycles. The van der Waals surface area contributed by atoms with E-state index in [2.05, 4.69) is 42.4 Å². The molecule has 0 radical (unpaired) electrons. The molecule has 35 heavy (non-hydrogen) atoms. The third kappa shape index (κ3) is 7.18. The van der Waals surface area contributed by atoms with Crippen LogP contribution >= 0.6 is 31.9 Å². The Morgan fingerprint density at radius 1 is 1.06 bits per heavy atom. The smallest absolute Gasteiger partial charge is 0.416 e. The molecule has 0 amide bonds. The van der Waals surface area contributed by atoms with E-state index in [4.69, 9.17) is 9.47 Å². The summed E-state index contributed by atoms with van der Waals surface area (Å²) in [5.41, 5.74) is 1.88. The number of hydrazone groups is 1. The first-order valence-corrected chi connectivity index (χ1v) is 11.7. The molecule has 0 saturated heterocycles. The molecule has 0 unspecified atom stereocenters. The van der Waals surface area contributed by atoms with Gasteiger partial charge in [0.2, 0.25) is 0 Å². The number of rotatable bonds is 9. The van der Waals surface area contributed by atoms with Crippen molar-refractivity contribution in [2.24, 2.45) is 5.10 Å². The predicted octanol–water partition coefficient (Wildman–Crippen LogP) is 7.56. The molecule has 0 aliphatic rings. The Morgan fingerprint density at radius 2 is 1.74 bits per heavy atom. The zero-order chi connectivity index (χ0) is 25.6. The second kappa shape index (κ2) is 11.5. The van der Waals surface area contributed by atoms with Gasteiger partial charge in [-0.05, 0) is 64.8 Å². The average Bonchev–Trinajstić information content (AvgIpc) is 2.80. The number of nitro benzene ring substituents is 1. The summed E-state index contributed by atoms with van der Waals surface area (Å²) in [5, 5.41) is 15.2. The van der Waals surface area contributed by atoms with Crippen LogP contribution in [0.4, 0.5) is 24.5 Å². The maximum Gasteiger partial charge on any atom is 0.416 e. The lowest BCUT2D eigenvalue weighted by Crippen LogP contribution is -2.06. The van der Waals surface area contributed by atoms with Crippen LogP contribution in [0.3, 0.4) is 0 Å². The molecule has 7 nitrogen and oxygen atoms in total. The van der Waals surface area contributed by atoms with Crippen LogP contribution in [0.1, 0.15) is 23.6 Å². The number of nitrogens with one attached hydrogen (secondary N) is 1. The largest absolute Gasteiger partial charge is 0.490 e. The van der Waals surface area contributed by atoms with Crippen molar-refractivity contribution in [2.75, 3.05) is 12.0 Å². The number of nitro groups is 1. The number of nitrogens with zero attached hydrogens (tertiary/aromatic N) is 2. The van der Waals surface area contributed by atoms with Gasteiger partial charge < -0.3 is 9.47 Å². The highest BCUT2D eigenvalue weighted by Crippen LogP contribution is 2.36. The van der Waals surface area contributed by atoms with Gasteiger partial charge in [-0.15, -0.1) is 0 Å². The van der Waals surface area contributed by atoms with Crippen LogP contribution in [-0.4, -0.2) is 17.7 Å². The number of ether oxygens (including phenoxy) is 2. The second-order valence-electron chi connectivity index (χ2n) is 7.03. The SMILES string of the molecule is CCOc1cc(/C=N\Nc2ccc(C(F)(F)F)cc2[N+](=O)[O-])c(Br)cc1OCc1ccc(Br)cc1. The molecule has 3 aromatic carbocycles. The van der Waals surface area contributed by atoms with Crippen molar-refractivity contribution in [1.29, 1.82) is 0 Å². The summed E-state index contributed by atoms with van der Waals surface area (Å²) in [6.07, 6.45) is -3.35. The van der Waals surface area contributed by atoms with Gasteiger partial charge >= 0.3 is 6.18 Å². The van der Waals surface area contributed by atoms with Gasteiger partial charge in [-0.1, -0.05) is 28.1 Å². The lowest BCUT2D eigenvalue weighted by atomic mass is 10.1. The van der Waals surface area contributed by atoms with Crippen molar-refractivity contribution in [3.05, 3.63) is 90.3 Å². The van der Waals surface area contributed by atoms with Gasteiger partial charge in [-0.2, -0.15) is 18.3 Å². The van der Waals surface area contributed by atoms with E-state index < -0.39 is 22.4 Å². The average molecular weight is 617 g/mol. The first kappa shape index (κ1) is 26.5. The third-order valence-corrected chi connectivity index (χ3v) is 5.80. The van der Waals surface area contributed by atoms with Crippen LogP contribution in [0.2, 0.25) is 0 Å². The van der Waals surface area contributed by atoms with Crippen molar-refractivity contribution >= 4 is 49.4 Å². The maximum absolute atomic E-state index is 12.9. The fourth-order valence-electron chi connectivity index (χ4n) is 2.90. The van der Waals surface area contributed by atoms with E-state index in [0.717, 1.165) is 22.2 Å². The first-order chi connectivity index (χ1) is 16.6. The topological polar surface area (TPSA) is 86.0 Å². The Labute approximate surface area is 215 Å². The predicted molar refractivity (Wildman–Crippen MR) is 133 cm³/mol. The third-order valence-electron chi connectivity index (χ3n) is 4.58. The van der Waals surface area contributed by atoms with Crippen molar-refractivity contribution < 1.29 is 27.6 Å². The summed E-state index contributed by atoms with van der Waals surface area (Å²) in [6, 6.07) is 13.2. The van der Waals surface area contributed by atoms with Crippen molar-refractivity contribution in [1.82, 2.24) is 0 Å². The summed E-state index contributed by atoms with van der Waals surface area (Å²) in [6.45, 7) is 2.51. The first-order valence-electron chi connectivity index (χ1n) is 10.1. The number of hydrogen-bond donors (Lipinski definition) is 1. The van der Waals surface area contributed by atoms with Gasteiger partial charge in [0.25, 0.3) is 5.69 Å². The number of alkyl halides is 3. The van der Waals surface area contributed by atoms with Crippen molar-refractivity contribution in [3.8, 4) is 11.5 Å². The van der Waals surface area contributed by atoms with Crippen LogP contribution in [0.15, 0.2) is 68.6 Å². The zero-order valence-electron chi connectivity index (χ0n) is 18.1. The fraction of sp³-hybridized carbons (Fsp3) is 0.174. The molecule has 3 rings (SSSR count). The molecule has 0 saturated carbocycles. The molecule has 0 aliphatic carbocycles. The fourth-order valence-corrected chi connectivity index (χ4v) is 3.59. The van der Waals surface area contributed by atoms with Gasteiger partial charge in [0.05, 0.1) is 23.3 Å². The summed E-state index contributed by atoms with van der Waals surface area (Å²) in [5.74, 6) is 0.944. The van der Waals surface area contributed by atoms with Gasteiger partial charge in [0.1, 0.15) is 12.3 Å². The van der Waals surface area contributed by atoms with E-state index in [-0.39, 0.29) is 5.69 Å². The van der Waals surface area contributed by atoms with Crippen LogP contribution in [0.25, 0.3) is 0 Å². The second-order valence-corrected chi connectivity index (χ2v) is 8.80. The van der Waals surface area contributed by atoms with Crippen LogP contribution < -0.4 is 14.9 Å². The highest BCUT2D eigenvalue weighted by Gasteiger charge is 2.33. The van der Waals surface area contributed by atoms with Crippen molar-refractivity contribution in [2.45, 2.75) is 19.7 Å². The summed E-state index contributed by atoms with van der Waals surface area (Å²) >= 11 is 6.82. The molecule has 0 atom stereocenters. The minimum atomic E-state index is -4.70. The zero-order valence-corrected chi connectivity index (χ0v) is 21.3. The highest BCUT2D eigenvalue weighted by atomic mass is 79.9. The standard InChI is InChI=1S/C23H18Br2F3N3O4/c1-2-34-21-9-15(18(25)11-22(21)35-13-14-3-6-17(24)7-4-14)12-29-30-19-8-5-16(23(26,27)28)10-20(19)31(32)33/h3-12,30H,2,13H2,1H3/b29-12-.